The van der Waals surface area contributed by atoms with Gasteiger partial charge in [0.15, 0.2) is 0 Å². The zero-order chi connectivity index (χ0) is 19.4. The number of nitrogens with two attached hydrogens (primary N) is 1. The van der Waals surface area contributed by atoms with Gasteiger partial charge in [0.05, 0.1) is 5.69 Å². The minimum Gasteiger partial charge on any atom is -0.540 e. The van der Waals surface area contributed by atoms with E-state index in [0.29, 0.717) is 11.3 Å². The van der Waals surface area contributed by atoms with Gasteiger partial charge in [-0.05, 0) is 19.0 Å². The number of pyridine rings is 1. The number of halogens is 1. The Morgan fingerprint density at radius 2 is 2.04 bits per heavy atom. The van der Waals surface area contributed by atoms with Gasteiger partial charge in [-0.2, -0.15) is 13.3 Å². The topological polar surface area (TPSA) is 115 Å². The molecular weight excluding hydrogens is 355 g/mol. The van der Waals surface area contributed by atoms with E-state index in [1.807, 2.05) is 6.92 Å². The Hall–Kier alpha value is -0.199. The Morgan fingerprint density at radius 3 is 2.40 bits per heavy atom. The molecule has 0 spiro atoms. The summed E-state index contributed by atoms with van der Waals surface area (Å²) in [6.07, 6.45) is 4.08. The van der Waals surface area contributed by atoms with Gasteiger partial charge in [-0.25, -0.2) is 11.1 Å². The first-order valence-electron chi connectivity index (χ1n) is 7.20. The maximum atomic E-state index is 11.3. The van der Waals surface area contributed by atoms with Crippen molar-refractivity contribution < 1.29 is 75.4 Å². The number of nitrogens with zero attached hydrogens (tertiary/aromatic N) is 1. The van der Waals surface area contributed by atoms with Crippen molar-refractivity contribution in [1.29, 1.82) is 0 Å². The van der Waals surface area contributed by atoms with Gasteiger partial charge in [0.25, 0.3) is 0 Å². The van der Waals surface area contributed by atoms with Crippen molar-refractivity contribution in [1.82, 2.24) is 10.3 Å². The third kappa shape index (κ3) is 23.8. The van der Waals surface area contributed by atoms with Crippen LogP contribution in [0.3, 0.4) is 0 Å². The summed E-state index contributed by atoms with van der Waals surface area (Å²) < 4.78 is 10.4. The molecule has 10 heteroatoms. The third-order valence-electron chi connectivity index (χ3n) is 1.74. The van der Waals surface area contributed by atoms with Gasteiger partial charge in [0.1, 0.15) is 0 Å². The monoisotopic (exact) mass is 381 g/mol. The zero-order valence-corrected chi connectivity index (χ0v) is 18.5. The first-order chi connectivity index (χ1) is 11.5. The molecule has 1 rings (SSSR count). The summed E-state index contributed by atoms with van der Waals surface area (Å²) >= 11 is 0. The van der Waals surface area contributed by atoms with E-state index < -0.39 is 7.12 Å². The van der Waals surface area contributed by atoms with E-state index in [4.69, 9.17) is 10.8 Å². The molecule has 1 aromatic heterocycles. The molecule has 0 aliphatic rings. The molecule has 0 unspecified atom stereocenters. The zero-order valence-electron chi connectivity index (χ0n) is 15.4. The van der Waals surface area contributed by atoms with E-state index in [2.05, 4.69) is 29.0 Å². The van der Waals surface area contributed by atoms with Crippen molar-refractivity contribution in [3.63, 3.8) is 0 Å². The molecule has 0 atom stereocenters. The van der Waals surface area contributed by atoms with Crippen LogP contribution in [0.25, 0.3) is 0 Å². The van der Waals surface area contributed by atoms with Crippen molar-refractivity contribution in [3.8, 4) is 0 Å². The second kappa shape index (κ2) is 26.0. The largest absolute Gasteiger partial charge is 1.00 e. The van der Waals surface area contributed by atoms with Crippen molar-refractivity contribution in [2.75, 3.05) is 6.54 Å². The van der Waals surface area contributed by atoms with Gasteiger partial charge in [0, 0.05) is 18.3 Å². The van der Waals surface area contributed by atoms with Crippen LogP contribution in [0.4, 0.5) is 4.53 Å². The summed E-state index contributed by atoms with van der Waals surface area (Å²) in [6, 6.07) is 3.14. The summed E-state index contributed by atoms with van der Waals surface area (Å²) in [5.74, 6) is -0.328. The van der Waals surface area contributed by atoms with Gasteiger partial charge in [-0.15, -0.1) is 0 Å². The van der Waals surface area contributed by atoms with Crippen LogP contribution in [0.1, 0.15) is 36.3 Å². The Kier molecular flexibility index (Phi) is 33.8. The number of aromatic nitrogens is 1. The summed E-state index contributed by atoms with van der Waals surface area (Å²) in [5.41, 5.74) is 6.44. The number of amides is 1. The summed E-state index contributed by atoms with van der Waals surface area (Å²) in [6.45, 7) is 11.8. The van der Waals surface area contributed by atoms with Gasteiger partial charge >= 0.3 is 58.5 Å². The predicted molar refractivity (Wildman–Crippen MR) is 92.9 cm³/mol. The molecule has 0 bridgehead atoms. The van der Waals surface area contributed by atoms with Gasteiger partial charge in [-0.1, -0.05) is 18.0 Å². The molecule has 1 heterocycles. The van der Waals surface area contributed by atoms with Crippen LogP contribution < -0.4 is 62.4 Å². The van der Waals surface area contributed by atoms with Crippen molar-refractivity contribution in [2.24, 2.45) is 5.73 Å². The van der Waals surface area contributed by atoms with E-state index in [1.54, 1.807) is 25.3 Å². The summed E-state index contributed by atoms with van der Waals surface area (Å²) in [4.78, 5) is 27.9. The van der Waals surface area contributed by atoms with Gasteiger partial charge < -0.3 is 34.7 Å². The molecule has 1 amide bonds. The van der Waals surface area contributed by atoms with Crippen LogP contribution >= 0.6 is 0 Å². The molecule has 0 aliphatic heterocycles. The fraction of sp³-hybridized carbons (Fsp3) is 0.400. The quantitative estimate of drug-likeness (QED) is 0.421. The minimum absolute atomic E-state index is 0. The molecule has 4 N–H and O–H groups in total. The number of hydrogen-bond donors (Lipinski definition) is 3. The van der Waals surface area contributed by atoms with Crippen LogP contribution in [-0.4, -0.2) is 35.9 Å². The second-order valence-electron chi connectivity index (χ2n) is 3.76. The smallest absolute Gasteiger partial charge is 0.540 e. The number of carbonyl (C=O) groups is 1. The third-order valence-corrected chi connectivity index (χ3v) is 1.74. The Morgan fingerprint density at radius 1 is 1.56 bits per heavy atom. The Balaban J connectivity index is -0.000000169. The van der Waals surface area contributed by atoms with Gasteiger partial charge in [0.2, 0.25) is 5.91 Å². The van der Waals surface area contributed by atoms with Crippen molar-refractivity contribution in [2.45, 2.75) is 33.6 Å². The molecular formula is C15H26BFKN3O4-2. The van der Waals surface area contributed by atoms with Crippen LogP contribution in [0.2, 0.25) is 6.82 Å². The van der Waals surface area contributed by atoms with Crippen LogP contribution in [0.15, 0.2) is 18.3 Å². The van der Waals surface area contributed by atoms with E-state index in [-0.39, 0.29) is 70.4 Å². The number of carbonyl (C=O) groups excluding carboxylic acids is 2. The first kappa shape index (κ1) is 32.5. The first-order valence-corrected chi connectivity index (χ1v) is 7.20. The molecule has 0 fully saturated rings. The Bertz CT molecular complexity index is 430. The van der Waals surface area contributed by atoms with Crippen molar-refractivity contribution in [3.05, 3.63) is 43.4 Å². The maximum absolute atomic E-state index is 11.3. The van der Waals surface area contributed by atoms with Gasteiger partial charge in [-0.3, -0.25) is 9.78 Å². The molecule has 1 aromatic rings. The summed E-state index contributed by atoms with van der Waals surface area (Å²) in [5, 5.41) is 10.1. The number of nitrogens with one attached hydrogen (secondary N) is 1. The van der Waals surface area contributed by atoms with E-state index >= 15 is 0 Å². The molecule has 0 saturated heterocycles. The average molecular weight is 381 g/mol. The number of rotatable bonds is 5. The second-order valence-corrected chi connectivity index (χ2v) is 3.76. The Labute approximate surface area is 192 Å². The molecule has 0 saturated carbocycles. The SMILES string of the molecule is CB(O)OF.NCc1cc(C(=O)NC[C-]=O)ccn1.[CH2-]C.[CH2-]CC.[K+]. The molecule has 138 valence electrons. The standard InChI is InChI=1S/C9H10N3O2.C3H7.C2H5.CH4BFO2.K/c10-6-8-5-7(1-2-11-8)9(14)12-3-4-13;1-3-2;1-2;1-2(4)5-3;/h1-2,5H,3,6,10H2,(H,12,14);1,3H2,2H3;1H2,2H3;4H,1H3;/q3*-1;;+1. The molecule has 7 nitrogen and oxygen atoms in total. The minimum atomic E-state index is -1.28. The normalized spacial score (nSPS) is 7.84. The predicted octanol–water partition coefficient (Wildman–Crippen LogP) is -1.55. The molecule has 25 heavy (non-hydrogen) atoms. The molecule has 0 aromatic carbocycles. The maximum Gasteiger partial charge on any atom is 1.00 e. The van der Waals surface area contributed by atoms with Crippen LogP contribution in [-0.2, 0) is 16.2 Å². The van der Waals surface area contributed by atoms with Crippen LogP contribution in [0.5, 0.6) is 0 Å². The number of hydrogen-bond acceptors (Lipinski definition) is 6. The van der Waals surface area contributed by atoms with E-state index in [1.165, 1.54) is 13.0 Å². The summed E-state index contributed by atoms with van der Waals surface area (Å²) in [7, 11) is -1.28. The average Bonchev–Trinajstić information content (AvgIpc) is 2.62. The van der Waals surface area contributed by atoms with E-state index in [0.717, 1.165) is 6.42 Å². The molecule has 0 aliphatic carbocycles. The fourth-order valence-corrected chi connectivity index (χ4v) is 0.949. The van der Waals surface area contributed by atoms with Crippen LogP contribution in [0, 0.1) is 13.8 Å². The van der Waals surface area contributed by atoms with Crippen molar-refractivity contribution >= 4 is 19.3 Å². The fourth-order valence-electron chi connectivity index (χ4n) is 0.949. The molecule has 0 radical (unpaired) electrons. The van der Waals surface area contributed by atoms with E-state index in [9.17, 15) is 14.1 Å².